The maximum atomic E-state index is 11.9. The summed E-state index contributed by atoms with van der Waals surface area (Å²) < 4.78 is 0. The summed E-state index contributed by atoms with van der Waals surface area (Å²) in [5, 5.41) is 11.9. The van der Waals surface area contributed by atoms with E-state index in [0.29, 0.717) is 12.1 Å². The second-order valence-corrected chi connectivity index (χ2v) is 5.20. The van der Waals surface area contributed by atoms with Crippen molar-refractivity contribution < 1.29 is 4.79 Å². The summed E-state index contributed by atoms with van der Waals surface area (Å²) >= 11 is 0. The van der Waals surface area contributed by atoms with Crippen LogP contribution in [0.15, 0.2) is 24.3 Å². The molecule has 0 aliphatic carbocycles. The molecule has 0 saturated carbocycles. The van der Waals surface area contributed by atoms with Crippen molar-refractivity contribution in [1.82, 2.24) is 10.2 Å². The van der Waals surface area contributed by atoms with Gasteiger partial charge in [0.05, 0.1) is 17.7 Å². The quantitative estimate of drug-likeness (QED) is 0.876. The first-order valence-corrected chi connectivity index (χ1v) is 6.58. The number of hydrogen-bond donors (Lipinski definition) is 1. The molecule has 1 heterocycles. The van der Waals surface area contributed by atoms with E-state index in [-0.39, 0.29) is 24.0 Å². The van der Waals surface area contributed by atoms with Crippen LogP contribution in [0, 0.1) is 11.3 Å². The fourth-order valence-electron chi connectivity index (χ4n) is 2.49. The predicted molar refractivity (Wildman–Crippen MR) is 73.2 cm³/mol. The lowest BCUT2D eigenvalue weighted by Gasteiger charge is -2.42. The Balaban J connectivity index is 2.20. The lowest BCUT2D eigenvalue weighted by Crippen LogP contribution is -2.62. The summed E-state index contributed by atoms with van der Waals surface area (Å²) in [7, 11) is 0. The molecule has 3 atom stereocenters. The molecule has 1 fully saturated rings. The van der Waals surface area contributed by atoms with E-state index >= 15 is 0 Å². The van der Waals surface area contributed by atoms with Crippen molar-refractivity contribution in [2.45, 2.75) is 45.4 Å². The minimum Gasteiger partial charge on any atom is -0.351 e. The average molecular weight is 257 g/mol. The highest BCUT2D eigenvalue weighted by molar-refractivity contribution is 5.82. The van der Waals surface area contributed by atoms with Crippen molar-refractivity contribution in [1.29, 1.82) is 5.26 Å². The summed E-state index contributed by atoms with van der Waals surface area (Å²) in [5.74, 6) is 0.0713. The molecule has 4 nitrogen and oxygen atoms in total. The molecule has 0 unspecified atom stereocenters. The van der Waals surface area contributed by atoms with Crippen molar-refractivity contribution in [3.05, 3.63) is 35.4 Å². The van der Waals surface area contributed by atoms with Crippen LogP contribution in [0.5, 0.6) is 0 Å². The Hall–Kier alpha value is -1.86. The number of piperazine rings is 1. The van der Waals surface area contributed by atoms with E-state index in [2.05, 4.69) is 23.2 Å². The SMILES string of the molecule is C[C@@H]1NC(=O)[C@H](C)N(Cc2cccc(C#N)c2)[C@@H]1C. The second kappa shape index (κ2) is 5.41. The standard InChI is InChI=1S/C15H19N3O/c1-10-11(2)18(12(3)15(19)17-10)9-14-6-4-5-13(7-14)8-16/h4-7,10-12H,9H2,1-3H3,(H,17,19)/t10-,11+,12-/m0/s1. The van der Waals surface area contributed by atoms with Crippen LogP contribution in [-0.2, 0) is 11.3 Å². The van der Waals surface area contributed by atoms with E-state index in [4.69, 9.17) is 5.26 Å². The molecule has 2 rings (SSSR count). The number of nitrogens with zero attached hydrogens (tertiary/aromatic N) is 2. The van der Waals surface area contributed by atoms with E-state index in [1.807, 2.05) is 32.0 Å². The number of carbonyl (C=O) groups is 1. The molecule has 4 heteroatoms. The van der Waals surface area contributed by atoms with E-state index in [1.54, 1.807) is 6.07 Å². The van der Waals surface area contributed by atoms with Crippen molar-refractivity contribution in [2.75, 3.05) is 0 Å². The number of nitrogens with one attached hydrogen (secondary N) is 1. The molecule has 1 aliphatic rings. The Bertz CT molecular complexity index is 520. The minimum atomic E-state index is -0.142. The van der Waals surface area contributed by atoms with Crippen LogP contribution < -0.4 is 5.32 Å². The van der Waals surface area contributed by atoms with Gasteiger partial charge in [-0.1, -0.05) is 12.1 Å². The van der Waals surface area contributed by atoms with Gasteiger partial charge in [-0.25, -0.2) is 0 Å². The van der Waals surface area contributed by atoms with Gasteiger partial charge in [-0.15, -0.1) is 0 Å². The first kappa shape index (κ1) is 13.6. The van der Waals surface area contributed by atoms with Crippen molar-refractivity contribution >= 4 is 5.91 Å². The van der Waals surface area contributed by atoms with Gasteiger partial charge in [0.1, 0.15) is 0 Å². The molecule has 100 valence electrons. The molecule has 1 amide bonds. The van der Waals surface area contributed by atoms with Gasteiger partial charge in [-0.3, -0.25) is 9.69 Å². The van der Waals surface area contributed by atoms with E-state index in [9.17, 15) is 4.79 Å². The maximum absolute atomic E-state index is 11.9. The first-order chi connectivity index (χ1) is 9.02. The Morgan fingerprint density at radius 1 is 1.37 bits per heavy atom. The van der Waals surface area contributed by atoms with Crippen molar-refractivity contribution in [3.63, 3.8) is 0 Å². The monoisotopic (exact) mass is 257 g/mol. The van der Waals surface area contributed by atoms with Gasteiger partial charge >= 0.3 is 0 Å². The molecule has 0 spiro atoms. The third kappa shape index (κ3) is 2.77. The van der Waals surface area contributed by atoms with Crippen LogP contribution in [0.2, 0.25) is 0 Å². The van der Waals surface area contributed by atoms with Gasteiger partial charge in [-0.05, 0) is 38.5 Å². The van der Waals surface area contributed by atoms with Crippen molar-refractivity contribution in [3.8, 4) is 6.07 Å². The zero-order chi connectivity index (χ0) is 14.0. The van der Waals surface area contributed by atoms with Gasteiger partial charge < -0.3 is 5.32 Å². The number of hydrogen-bond acceptors (Lipinski definition) is 3. The third-order valence-corrected chi connectivity index (χ3v) is 3.91. The third-order valence-electron chi connectivity index (χ3n) is 3.91. The van der Waals surface area contributed by atoms with E-state index in [1.165, 1.54) is 0 Å². The highest BCUT2D eigenvalue weighted by Crippen LogP contribution is 2.19. The van der Waals surface area contributed by atoms with Crippen LogP contribution in [0.3, 0.4) is 0 Å². The lowest BCUT2D eigenvalue weighted by atomic mass is 10.0. The normalized spacial score (nSPS) is 27.7. The highest BCUT2D eigenvalue weighted by Gasteiger charge is 2.34. The largest absolute Gasteiger partial charge is 0.351 e. The number of rotatable bonds is 2. The molecule has 1 saturated heterocycles. The first-order valence-electron chi connectivity index (χ1n) is 6.58. The Morgan fingerprint density at radius 3 is 2.79 bits per heavy atom. The Labute approximate surface area is 114 Å². The molecule has 19 heavy (non-hydrogen) atoms. The maximum Gasteiger partial charge on any atom is 0.237 e. The van der Waals surface area contributed by atoms with Gasteiger partial charge in [-0.2, -0.15) is 5.26 Å². The van der Waals surface area contributed by atoms with Gasteiger partial charge in [0.2, 0.25) is 5.91 Å². The van der Waals surface area contributed by atoms with Crippen LogP contribution in [0.4, 0.5) is 0 Å². The molecule has 1 N–H and O–H groups in total. The molecule has 1 aromatic carbocycles. The fourth-order valence-corrected chi connectivity index (χ4v) is 2.49. The number of carbonyl (C=O) groups excluding carboxylic acids is 1. The Morgan fingerprint density at radius 2 is 2.11 bits per heavy atom. The molecule has 0 aromatic heterocycles. The molecular formula is C15H19N3O. The Kier molecular flexibility index (Phi) is 3.87. The summed E-state index contributed by atoms with van der Waals surface area (Å²) in [6.07, 6.45) is 0. The molecule has 0 radical (unpaired) electrons. The smallest absolute Gasteiger partial charge is 0.237 e. The van der Waals surface area contributed by atoms with Crippen LogP contribution >= 0.6 is 0 Å². The molecule has 1 aromatic rings. The topological polar surface area (TPSA) is 56.1 Å². The van der Waals surface area contributed by atoms with Gasteiger partial charge in [0.15, 0.2) is 0 Å². The average Bonchev–Trinajstić information content (AvgIpc) is 2.41. The summed E-state index contributed by atoms with van der Waals surface area (Å²) in [5.41, 5.74) is 1.73. The lowest BCUT2D eigenvalue weighted by molar-refractivity contribution is -0.132. The molecule has 0 bridgehead atoms. The van der Waals surface area contributed by atoms with E-state index in [0.717, 1.165) is 5.56 Å². The zero-order valence-corrected chi connectivity index (χ0v) is 11.6. The molecular weight excluding hydrogens is 238 g/mol. The fraction of sp³-hybridized carbons (Fsp3) is 0.467. The number of nitriles is 1. The summed E-state index contributed by atoms with van der Waals surface area (Å²) in [6.45, 7) is 6.75. The minimum absolute atomic E-state index is 0.0713. The van der Waals surface area contributed by atoms with Crippen LogP contribution in [-0.4, -0.2) is 28.9 Å². The molecule has 1 aliphatic heterocycles. The highest BCUT2D eigenvalue weighted by atomic mass is 16.2. The van der Waals surface area contributed by atoms with Crippen LogP contribution in [0.25, 0.3) is 0 Å². The number of amides is 1. The summed E-state index contributed by atoms with van der Waals surface area (Å²) in [4.78, 5) is 14.0. The second-order valence-electron chi connectivity index (χ2n) is 5.20. The van der Waals surface area contributed by atoms with Crippen molar-refractivity contribution in [2.24, 2.45) is 0 Å². The summed E-state index contributed by atoms with van der Waals surface area (Å²) in [6, 6.07) is 9.99. The van der Waals surface area contributed by atoms with E-state index < -0.39 is 0 Å². The van der Waals surface area contributed by atoms with Crippen LogP contribution in [0.1, 0.15) is 31.9 Å². The zero-order valence-electron chi connectivity index (χ0n) is 11.6. The number of benzene rings is 1. The predicted octanol–water partition coefficient (Wildman–Crippen LogP) is 1.66. The van der Waals surface area contributed by atoms with Gasteiger partial charge in [0, 0.05) is 18.6 Å². The van der Waals surface area contributed by atoms with Gasteiger partial charge in [0.25, 0.3) is 0 Å².